The number of allylic oxidation sites excluding steroid dienone is 1. The number of aldehydes is 1. The van der Waals surface area contributed by atoms with Crippen molar-refractivity contribution in [2.75, 3.05) is 19.8 Å². The maximum absolute atomic E-state index is 10.9. The summed E-state index contributed by atoms with van der Waals surface area (Å²) in [5.41, 5.74) is 0. The maximum Gasteiger partial charge on any atom is 0.407 e. The number of rotatable bonds is 8. The van der Waals surface area contributed by atoms with Gasteiger partial charge < -0.3 is 14.8 Å². The summed E-state index contributed by atoms with van der Waals surface area (Å²) in [5, 5.41) is 2.49. The van der Waals surface area contributed by atoms with E-state index in [4.69, 9.17) is 9.47 Å². The van der Waals surface area contributed by atoms with Crippen molar-refractivity contribution in [3.63, 3.8) is 0 Å². The number of nitrogens with one attached hydrogen (secondary N) is 1. The van der Waals surface area contributed by atoms with Gasteiger partial charge in [-0.3, -0.25) is 4.79 Å². The van der Waals surface area contributed by atoms with E-state index in [1.807, 2.05) is 0 Å². The third-order valence-electron chi connectivity index (χ3n) is 1.65. The molecule has 0 aromatic carbocycles. The van der Waals surface area contributed by atoms with Gasteiger partial charge in [0.15, 0.2) is 0 Å². The molecule has 0 rings (SSSR count). The lowest BCUT2D eigenvalue weighted by Gasteiger charge is -2.05. The molecule has 0 aliphatic rings. The van der Waals surface area contributed by atoms with E-state index in [2.05, 4.69) is 5.32 Å². The van der Waals surface area contributed by atoms with Gasteiger partial charge in [0.25, 0.3) is 0 Å². The minimum Gasteiger partial charge on any atom is -0.463 e. The fraction of sp³-hybridized carbons (Fsp3) is 0.545. The van der Waals surface area contributed by atoms with E-state index in [0.29, 0.717) is 25.7 Å². The summed E-state index contributed by atoms with van der Waals surface area (Å²) in [6.07, 6.45) is 3.39. The van der Waals surface area contributed by atoms with E-state index < -0.39 is 12.1 Å². The van der Waals surface area contributed by atoms with E-state index in [0.717, 1.165) is 12.2 Å². The van der Waals surface area contributed by atoms with Crippen molar-refractivity contribution in [1.82, 2.24) is 5.32 Å². The van der Waals surface area contributed by atoms with Crippen LogP contribution < -0.4 is 5.32 Å². The standard InChI is InChI=1S/C11H17NO5/c1-2-12-11(15)17-9-4-3-8-16-10(14)6-5-7-13/h5-7H,2-4,8-9H2,1H3,(H,12,15). The highest BCUT2D eigenvalue weighted by Gasteiger charge is 1.99. The number of amides is 1. The zero-order valence-electron chi connectivity index (χ0n) is 9.81. The van der Waals surface area contributed by atoms with Gasteiger partial charge in [-0.05, 0) is 25.8 Å². The summed E-state index contributed by atoms with van der Waals surface area (Å²) in [6.45, 7) is 2.85. The number of hydrogen-bond acceptors (Lipinski definition) is 5. The Hall–Kier alpha value is -1.85. The van der Waals surface area contributed by atoms with Gasteiger partial charge in [-0.1, -0.05) is 0 Å². The highest BCUT2D eigenvalue weighted by molar-refractivity contribution is 5.86. The number of esters is 1. The summed E-state index contributed by atoms with van der Waals surface area (Å²) in [5.74, 6) is -0.554. The van der Waals surface area contributed by atoms with Crippen molar-refractivity contribution in [3.8, 4) is 0 Å². The molecule has 0 aliphatic heterocycles. The van der Waals surface area contributed by atoms with Crippen LogP contribution in [-0.4, -0.2) is 38.1 Å². The minimum atomic E-state index is -0.554. The topological polar surface area (TPSA) is 81.7 Å². The van der Waals surface area contributed by atoms with Gasteiger partial charge >= 0.3 is 12.1 Å². The van der Waals surface area contributed by atoms with Crippen LogP contribution in [0.1, 0.15) is 19.8 Å². The molecule has 1 N–H and O–H groups in total. The van der Waals surface area contributed by atoms with Gasteiger partial charge in [0.2, 0.25) is 0 Å². The number of carbonyl (C=O) groups excluding carboxylic acids is 3. The minimum absolute atomic E-state index is 0.237. The first-order chi connectivity index (χ1) is 8.20. The predicted molar refractivity (Wildman–Crippen MR) is 60.4 cm³/mol. The van der Waals surface area contributed by atoms with Gasteiger partial charge in [-0.2, -0.15) is 0 Å². The molecule has 0 spiro atoms. The second kappa shape index (κ2) is 10.7. The molecule has 0 heterocycles. The van der Waals surface area contributed by atoms with Crippen LogP contribution in [0.4, 0.5) is 4.79 Å². The number of carbonyl (C=O) groups is 3. The lowest BCUT2D eigenvalue weighted by Crippen LogP contribution is -2.24. The van der Waals surface area contributed by atoms with Crippen molar-refractivity contribution < 1.29 is 23.9 Å². The van der Waals surface area contributed by atoms with Gasteiger partial charge in [0, 0.05) is 12.6 Å². The zero-order valence-corrected chi connectivity index (χ0v) is 9.81. The van der Waals surface area contributed by atoms with Crippen molar-refractivity contribution in [2.45, 2.75) is 19.8 Å². The second-order valence-electron chi connectivity index (χ2n) is 3.04. The number of alkyl carbamates (subject to hydrolysis) is 1. The van der Waals surface area contributed by atoms with E-state index in [-0.39, 0.29) is 13.2 Å². The highest BCUT2D eigenvalue weighted by Crippen LogP contribution is 1.93. The second-order valence-corrected chi connectivity index (χ2v) is 3.04. The molecule has 0 atom stereocenters. The molecule has 0 saturated carbocycles. The first kappa shape index (κ1) is 15.2. The molecule has 6 heteroatoms. The zero-order chi connectivity index (χ0) is 12.9. The summed E-state index contributed by atoms with van der Waals surface area (Å²) in [6, 6.07) is 0. The Balaban J connectivity index is 3.34. The summed E-state index contributed by atoms with van der Waals surface area (Å²) in [4.78, 5) is 31.6. The lowest BCUT2D eigenvalue weighted by atomic mass is 10.3. The molecular weight excluding hydrogens is 226 g/mol. The molecule has 0 aliphatic carbocycles. The van der Waals surface area contributed by atoms with Crippen molar-refractivity contribution in [2.24, 2.45) is 0 Å². The molecule has 0 aromatic heterocycles. The SMILES string of the molecule is CCNC(=O)OCCCCOC(=O)C=CC=O. The number of unbranched alkanes of at least 4 members (excludes halogenated alkanes) is 1. The van der Waals surface area contributed by atoms with Gasteiger partial charge in [0.05, 0.1) is 13.2 Å². The normalized spacial score (nSPS) is 9.94. The van der Waals surface area contributed by atoms with E-state index in [1.165, 1.54) is 0 Å². The molecule has 0 saturated heterocycles. The molecule has 0 fully saturated rings. The first-order valence-electron chi connectivity index (χ1n) is 5.40. The molecule has 6 nitrogen and oxygen atoms in total. The summed E-state index contributed by atoms with van der Waals surface area (Å²) in [7, 11) is 0. The summed E-state index contributed by atoms with van der Waals surface area (Å²) >= 11 is 0. The van der Waals surface area contributed by atoms with E-state index >= 15 is 0 Å². The smallest absolute Gasteiger partial charge is 0.407 e. The van der Waals surface area contributed by atoms with Gasteiger partial charge in [-0.15, -0.1) is 0 Å². The Morgan fingerprint density at radius 1 is 1.18 bits per heavy atom. The number of hydrogen-bond donors (Lipinski definition) is 1. The highest BCUT2D eigenvalue weighted by atomic mass is 16.5. The van der Waals surface area contributed by atoms with Crippen LogP contribution in [0.15, 0.2) is 12.2 Å². The Morgan fingerprint density at radius 2 is 1.82 bits per heavy atom. The van der Waals surface area contributed by atoms with Crippen LogP contribution in [-0.2, 0) is 19.1 Å². The Bertz CT molecular complexity index is 275. The van der Waals surface area contributed by atoms with Crippen molar-refractivity contribution in [1.29, 1.82) is 0 Å². The Kier molecular flexibility index (Phi) is 9.50. The third kappa shape index (κ3) is 10.4. The van der Waals surface area contributed by atoms with Crippen molar-refractivity contribution >= 4 is 18.3 Å². The monoisotopic (exact) mass is 243 g/mol. The molecule has 96 valence electrons. The average Bonchev–Trinajstić information content (AvgIpc) is 2.31. The fourth-order valence-electron chi connectivity index (χ4n) is 0.903. The molecule has 0 aromatic rings. The molecule has 0 bridgehead atoms. The quantitative estimate of drug-likeness (QED) is 0.295. The Labute approximate surface area is 100.0 Å². The van der Waals surface area contributed by atoms with Crippen molar-refractivity contribution in [3.05, 3.63) is 12.2 Å². The third-order valence-corrected chi connectivity index (χ3v) is 1.65. The maximum atomic E-state index is 10.9. The van der Waals surface area contributed by atoms with E-state index in [1.54, 1.807) is 6.92 Å². The van der Waals surface area contributed by atoms with Crippen LogP contribution in [0.3, 0.4) is 0 Å². The molecule has 1 amide bonds. The van der Waals surface area contributed by atoms with Gasteiger partial charge in [0.1, 0.15) is 6.29 Å². The number of ether oxygens (including phenoxy) is 2. The molecule has 17 heavy (non-hydrogen) atoms. The molecule has 0 unspecified atom stereocenters. The largest absolute Gasteiger partial charge is 0.463 e. The van der Waals surface area contributed by atoms with Crippen LogP contribution >= 0.6 is 0 Å². The average molecular weight is 243 g/mol. The Morgan fingerprint density at radius 3 is 2.41 bits per heavy atom. The van der Waals surface area contributed by atoms with Crippen LogP contribution in [0.25, 0.3) is 0 Å². The van der Waals surface area contributed by atoms with Crippen LogP contribution in [0.2, 0.25) is 0 Å². The van der Waals surface area contributed by atoms with Crippen LogP contribution in [0, 0.1) is 0 Å². The fourth-order valence-corrected chi connectivity index (χ4v) is 0.903. The first-order valence-corrected chi connectivity index (χ1v) is 5.40. The molecule has 0 radical (unpaired) electrons. The van der Waals surface area contributed by atoms with E-state index in [9.17, 15) is 14.4 Å². The lowest BCUT2D eigenvalue weighted by molar-refractivity contribution is -0.138. The van der Waals surface area contributed by atoms with Crippen LogP contribution in [0.5, 0.6) is 0 Å². The molecular formula is C11H17NO5. The van der Waals surface area contributed by atoms with Gasteiger partial charge in [-0.25, -0.2) is 9.59 Å². The predicted octanol–water partition coefficient (Wildman–Crippen LogP) is 0.811. The summed E-state index contributed by atoms with van der Waals surface area (Å²) < 4.78 is 9.56.